The van der Waals surface area contributed by atoms with Gasteiger partial charge in [0, 0.05) is 10.6 Å². The number of anilines is 1. The van der Waals surface area contributed by atoms with Gasteiger partial charge in [-0.05, 0) is 48.2 Å². The fourth-order valence-corrected chi connectivity index (χ4v) is 2.28. The molecule has 0 unspecified atom stereocenters. The molecule has 2 nitrogen and oxygen atoms in total. The van der Waals surface area contributed by atoms with E-state index in [1.165, 1.54) is 12.1 Å². The maximum atomic E-state index is 12.5. The van der Waals surface area contributed by atoms with Gasteiger partial charge in [-0.15, -0.1) is 11.8 Å². The van der Waals surface area contributed by atoms with E-state index in [4.69, 9.17) is 0 Å². The highest BCUT2D eigenvalue weighted by molar-refractivity contribution is 7.98. The van der Waals surface area contributed by atoms with Gasteiger partial charge in [-0.25, -0.2) is 0 Å². The van der Waals surface area contributed by atoms with Crippen molar-refractivity contribution < 1.29 is 18.0 Å². The normalized spacial score (nSPS) is 11.3. The Morgan fingerprint density at radius 3 is 2.14 bits per heavy atom. The van der Waals surface area contributed by atoms with Gasteiger partial charge in [0.1, 0.15) is 0 Å². The van der Waals surface area contributed by atoms with E-state index in [2.05, 4.69) is 5.32 Å². The molecule has 116 valence electrons. The molecule has 0 fully saturated rings. The van der Waals surface area contributed by atoms with E-state index in [1.807, 2.05) is 18.4 Å². The molecule has 0 heterocycles. The van der Waals surface area contributed by atoms with Gasteiger partial charge in [0.25, 0.3) is 0 Å². The fraction of sp³-hybridized carbons (Fsp3) is 0.188. The maximum Gasteiger partial charge on any atom is 0.416 e. The van der Waals surface area contributed by atoms with Gasteiger partial charge >= 0.3 is 6.18 Å². The minimum absolute atomic E-state index is 0.0302. The van der Waals surface area contributed by atoms with E-state index < -0.39 is 11.7 Å². The zero-order valence-electron chi connectivity index (χ0n) is 11.8. The van der Waals surface area contributed by atoms with Crippen molar-refractivity contribution in [3.63, 3.8) is 0 Å². The van der Waals surface area contributed by atoms with Crippen molar-refractivity contribution in [1.82, 2.24) is 0 Å². The molecule has 22 heavy (non-hydrogen) atoms. The highest BCUT2D eigenvalue weighted by Crippen LogP contribution is 2.29. The number of halogens is 3. The summed E-state index contributed by atoms with van der Waals surface area (Å²) in [6.45, 7) is 0. The molecule has 0 aliphatic heterocycles. The summed E-state index contributed by atoms with van der Waals surface area (Å²) < 4.78 is 37.4. The van der Waals surface area contributed by atoms with Gasteiger partial charge in [-0.3, -0.25) is 4.79 Å². The molecule has 0 aliphatic rings. The van der Waals surface area contributed by atoms with Crippen LogP contribution in [0.15, 0.2) is 53.4 Å². The Balaban J connectivity index is 1.96. The zero-order chi connectivity index (χ0) is 16.2. The monoisotopic (exact) mass is 325 g/mol. The van der Waals surface area contributed by atoms with Crippen molar-refractivity contribution in [3.05, 3.63) is 59.7 Å². The molecule has 0 saturated heterocycles. The lowest BCUT2D eigenvalue weighted by Crippen LogP contribution is -2.14. The molecule has 1 N–H and O–H groups in total. The van der Waals surface area contributed by atoms with Crippen molar-refractivity contribution >= 4 is 23.4 Å². The van der Waals surface area contributed by atoms with E-state index in [1.54, 1.807) is 23.9 Å². The third-order valence-corrected chi connectivity index (χ3v) is 3.76. The topological polar surface area (TPSA) is 29.1 Å². The van der Waals surface area contributed by atoms with Gasteiger partial charge < -0.3 is 5.32 Å². The molecule has 0 aliphatic carbocycles. The molecule has 1 amide bonds. The Morgan fingerprint density at radius 1 is 1.05 bits per heavy atom. The molecule has 0 saturated carbocycles. The summed E-state index contributed by atoms with van der Waals surface area (Å²) in [5.74, 6) is -0.267. The van der Waals surface area contributed by atoms with Crippen LogP contribution in [0.5, 0.6) is 0 Å². The lowest BCUT2D eigenvalue weighted by atomic mass is 10.1. The number of alkyl halides is 3. The predicted octanol–water partition coefficient (Wildman–Crippen LogP) is 4.61. The first-order chi connectivity index (χ1) is 10.4. The van der Waals surface area contributed by atoms with Crippen LogP contribution in [0.4, 0.5) is 18.9 Å². The van der Waals surface area contributed by atoms with Crippen molar-refractivity contribution in [3.8, 4) is 0 Å². The maximum absolute atomic E-state index is 12.5. The van der Waals surface area contributed by atoms with Crippen molar-refractivity contribution in [2.24, 2.45) is 0 Å². The summed E-state index contributed by atoms with van der Waals surface area (Å²) in [5, 5.41) is 2.72. The molecule has 2 rings (SSSR count). The van der Waals surface area contributed by atoms with E-state index in [0.29, 0.717) is 11.3 Å². The van der Waals surface area contributed by atoms with Crippen LogP contribution in [0.1, 0.15) is 11.1 Å². The minimum atomic E-state index is -4.36. The number of carbonyl (C=O) groups is 1. The average Bonchev–Trinajstić information content (AvgIpc) is 2.47. The second-order valence-corrected chi connectivity index (χ2v) is 5.53. The van der Waals surface area contributed by atoms with Crippen LogP contribution in [-0.4, -0.2) is 12.2 Å². The fourth-order valence-electron chi connectivity index (χ4n) is 1.88. The van der Waals surface area contributed by atoms with Crippen LogP contribution in [-0.2, 0) is 17.4 Å². The molecular weight excluding hydrogens is 311 g/mol. The van der Waals surface area contributed by atoms with Crippen molar-refractivity contribution in [2.75, 3.05) is 11.6 Å². The summed E-state index contributed by atoms with van der Waals surface area (Å²) in [5.41, 5.74) is 0.477. The summed E-state index contributed by atoms with van der Waals surface area (Å²) >= 11 is 1.60. The first-order valence-electron chi connectivity index (χ1n) is 6.48. The van der Waals surface area contributed by atoms with E-state index >= 15 is 0 Å². The van der Waals surface area contributed by atoms with Crippen LogP contribution in [0.2, 0.25) is 0 Å². The van der Waals surface area contributed by atoms with Crippen LogP contribution >= 0.6 is 11.8 Å². The standard InChI is InChI=1S/C16H14F3NOS/c1-22-14-8-6-13(7-9-14)20-15(21)10-11-2-4-12(5-3-11)16(17,18)19/h2-9H,10H2,1H3,(H,20,21). The summed E-state index contributed by atoms with van der Waals surface area (Å²) in [6, 6.07) is 12.0. The second kappa shape index (κ2) is 6.87. The quantitative estimate of drug-likeness (QED) is 0.832. The SMILES string of the molecule is CSc1ccc(NC(=O)Cc2ccc(C(F)(F)F)cc2)cc1. The molecule has 0 spiro atoms. The number of rotatable bonds is 4. The third-order valence-electron chi connectivity index (χ3n) is 3.02. The molecule has 0 radical (unpaired) electrons. The van der Waals surface area contributed by atoms with Gasteiger partial charge in [0.15, 0.2) is 0 Å². The summed E-state index contributed by atoms with van der Waals surface area (Å²) in [7, 11) is 0. The number of nitrogens with one attached hydrogen (secondary N) is 1. The number of hydrogen-bond donors (Lipinski definition) is 1. The second-order valence-electron chi connectivity index (χ2n) is 4.65. The molecule has 0 aromatic heterocycles. The predicted molar refractivity (Wildman–Crippen MR) is 82.0 cm³/mol. The Hall–Kier alpha value is -1.95. The minimum Gasteiger partial charge on any atom is -0.326 e. The highest BCUT2D eigenvalue weighted by atomic mass is 32.2. The van der Waals surface area contributed by atoms with Gasteiger partial charge in [-0.1, -0.05) is 12.1 Å². The Bertz CT molecular complexity index is 636. The zero-order valence-corrected chi connectivity index (χ0v) is 12.6. The highest BCUT2D eigenvalue weighted by Gasteiger charge is 2.29. The summed E-state index contributed by atoms with van der Waals surface area (Å²) in [6.07, 6.45) is -2.37. The number of benzene rings is 2. The van der Waals surface area contributed by atoms with E-state index in [9.17, 15) is 18.0 Å². The Labute approximate surface area is 130 Å². The molecule has 2 aromatic rings. The molecule has 6 heteroatoms. The van der Waals surface area contributed by atoms with Gasteiger partial charge in [0.2, 0.25) is 5.91 Å². The smallest absolute Gasteiger partial charge is 0.326 e. The van der Waals surface area contributed by atoms with Crippen molar-refractivity contribution in [1.29, 1.82) is 0 Å². The Kier molecular flexibility index (Phi) is 5.13. The molecular formula is C16H14F3NOS. The van der Waals surface area contributed by atoms with Crippen molar-refractivity contribution in [2.45, 2.75) is 17.5 Å². The molecule has 0 bridgehead atoms. The third kappa shape index (κ3) is 4.53. The van der Waals surface area contributed by atoms with Crippen LogP contribution in [0, 0.1) is 0 Å². The van der Waals surface area contributed by atoms with Crippen LogP contribution in [0.3, 0.4) is 0 Å². The summed E-state index contributed by atoms with van der Waals surface area (Å²) in [4.78, 5) is 13.0. The van der Waals surface area contributed by atoms with Crippen LogP contribution in [0.25, 0.3) is 0 Å². The number of thioether (sulfide) groups is 1. The molecule has 2 aromatic carbocycles. The largest absolute Gasteiger partial charge is 0.416 e. The van der Waals surface area contributed by atoms with E-state index in [-0.39, 0.29) is 12.3 Å². The van der Waals surface area contributed by atoms with Gasteiger partial charge in [-0.2, -0.15) is 13.2 Å². The van der Waals surface area contributed by atoms with E-state index in [0.717, 1.165) is 17.0 Å². The molecule has 0 atom stereocenters. The van der Waals surface area contributed by atoms with Crippen LogP contribution < -0.4 is 5.32 Å². The number of amides is 1. The lowest BCUT2D eigenvalue weighted by Gasteiger charge is -2.08. The van der Waals surface area contributed by atoms with Gasteiger partial charge in [0.05, 0.1) is 12.0 Å². The Morgan fingerprint density at radius 2 is 1.64 bits per heavy atom. The number of carbonyl (C=O) groups excluding carboxylic acids is 1. The first kappa shape index (κ1) is 16.4. The lowest BCUT2D eigenvalue weighted by molar-refractivity contribution is -0.137. The first-order valence-corrected chi connectivity index (χ1v) is 7.71. The average molecular weight is 325 g/mol. The number of hydrogen-bond acceptors (Lipinski definition) is 2.